The molecular formula is C23H26N2O2. The maximum atomic E-state index is 12.9. The fraction of sp³-hybridized carbons (Fsp3) is 0.391. The molecule has 1 saturated heterocycles. The van der Waals surface area contributed by atoms with E-state index in [4.69, 9.17) is 0 Å². The highest BCUT2D eigenvalue weighted by Crippen LogP contribution is 2.38. The van der Waals surface area contributed by atoms with Gasteiger partial charge in [0.15, 0.2) is 0 Å². The van der Waals surface area contributed by atoms with Crippen LogP contribution in [0.4, 0.5) is 0 Å². The van der Waals surface area contributed by atoms with Crippen LogP contribution in [0.5, 0.6) is 0 Å². The zero-order chi connectivity index (χ0) is 18.8. The number of fused-ring (bicyclic) bond motifs is 1. The molecule has 0 bridgehead atoms. The number of carbonyl (C=O) groups is 2. The molecule has 0 N–H and O–H groups in total. The van der Waals surface area contributed by atoms with Crippen molar-refractivity contribution in [3.05, 3.63) is 71.8 Å². The Morgan fingerprint density at radius 2 is 1.30 bits per heavy atom. The Morgan fingerprint density at radius 3 is 1.74 bits per heavy atom. The molecule has 2 aliphatic rings. The van der Waals surface area contributed by atoms with E-state index in [0.717, 1.165) is 36.8 Å². The van der Waals surface area contributed by atoms with Crippen LogP contribution in [0.25, 0.3) is 0 Å². The Kier molecular flexibility index (Phi) is 5.08. The number of nitrogens with zero attached hydrogens (tertiary/aromatic N) is 2. The van der Waals surface area contributed by atoms with Gasteiger partial charge in [-0.2, -0.15) is 0 Å². The number of carbonyl (C=O) groups excluding carboxylic acids is 2. The molecule has 1 heterocycles. The SMILES string of the molecule is CN(CN1C(=O)C2CCCCC2C1=O)C(c1ccccc1)c1ccccc1. The van der Waals surface area contributed by atoms with E-state index < -0.39 is 0 Å². The molecule has 1 aliphatic carbocycles. The van der Waals surface area contributed by atoms with Crippen molar-refractivity contribution in [1.82, 2.24) is 9.80 Å². The largest absolute Gasteiger partial charge is 0.277 e. The number of hydrogen-bond donors (Lipinski definition) is 0. The molecule has 140 valence electrons. The quantitative estimate of drug-likeness (QED) is 0.759. The summed E-state index contributed by atoms with van der Waals surface area (Å²) in [6.07, 6.45) is 3.83. The van der Waals surface area contributed by atoms with Crippen LogP contribution in [0.2, 0.25) is 0 Å². The molecule has 1 aliphatic heterocycles. The number of benzene rings is 2. The van der Waals surface area contributed by atoms with Gasteiger partial charge in [0, 0.05) is 0 Å². The van der Waals surface area contributed by atoms with Gasteiger partial charge in [0.05, 0.1) is 24.5 Å². The second-order valence-electron chi connectivity index (χ2n) is 7.72. The molecule has 2 amide bonds. The van der Waals surface area contributed by atoms with Crippen molar-refractivity contribution in [1.29, 1.82) is 0 Å². The molecule has 2 fully saturated rings. The third-order valence-corrected chi connectivity index (χ3v) is 5.97. The van der Waals surface area contributed by atoms with Crippen molar-refractivity contribution < 1.29 is 9.59 Å². The smallest absolute Gasteiger partial charge is 0.234 e. The zero-order valence-corrected chi connectivity index (χ0v) is 15.8. The number of imide groups is 1. The van der Waals surface area contributed by atoms with Gasteiger partial charge < -0.3 is 0 Å². The zero-order valence-electron chi connectivity index (χ0n) is 15.8. The lowest BCUT2D eigenvalue weighted by atomic mass is 9.81. The molecular weight excluding hydrogens is 336 g/mol. The third kappa shape index (κ3) is 3.42. The highest BCUT2D eigenvalue weighted by atomic mass is 16.2. The lowest BCUT2D eigenvalue weighted by Gasteiger charge is -2.32. The molecule has 4 heteroatoms. The topological polar surface area (TPSA) is 40.6 Å². The van der Waals surface area contributed by atoms with Crippen molar-refractivity contribution in [2.24, 2.45) is 11.8 Å². The summed E-state index contributed by atoms with van der Waals surface area (Å²) < 4.78 is 0. The first-order chi connectivity index (χ1) is 13.2. The monoisotopic (exact) mass is 362 g/mol. The van der Waals surface area contributed by atoms with Gasteiger partial charge in [-0.05, 0) is 31.0 Å². The summed E-state index contributed by atoms with van der Waals surface area (Å²) in [6.45, 7) is 0.332. The Hall–Kier alpha value is -2.46. The predicted molar refractivity (Wildman–Crippen MR) is 105 cm³/mol. The highest BCUT2D eigenvalue weighted by molar-refractivity contribution is 6.05. The summed E-state index contributed by atoms with van der Waals surface area (Å²) >= 11 is 0. The second kappa shape index (κ2) is 7.65. The molecule has 0 radical (unpaired) electrons. The molecule has 1 saturated carbocycles. The van der Waals surface area contributed by atoms with Crippen LogP contribution in [0.3, 0.4) is 0 Å². The summed E-state index contributed by atoms with van der Waals surface area (Å²) in [5, 5.41) is 0. The van der Waals surface area contributed by atoms with E-state index in [-0.39, 0.29) is 29.7 Å². The van der Waals surface area contributed by atoms with E-state index in [1.807, 2.05) is 43.4 Å². The van der Waals surface area contributed by atoms with E-state index in [0.29, 0.717) is 6.67 Å². The molecule has 2 aromatic rings. The summed E-state index contributed by atoms with van der Waals surface area (Å²) in [7, 11) is 1.99. The standard InChI is InChI=1S/C23H26N2O2/c1-24(16-25-22(26)19-14-8-9-15-20(19)23(25)27)21(17-10-4-2-5-11-17)18-12-6-3-7-13-18/h2-7,10-13,19-21H,8-9,14-16H2,1H3. The molecule has 2 aromatic carbocycles. The van der Waals surface area contributed by atoms with E-state index in [1.54, 1.807) is 0 Å². The fourth-order valence-corrected chi connectivity index (χ4v) is 4.65. The van der Waals surface area contributed by atoms with Crippen LogP contribution in [0.1, 0.15) is 42.9 Å². The Balaban J connectivity index is 1.60. The minimum absolute atomic E-state index is 0.00405. The van der Waals surface area contributed by atoms with Gasteiger partial charge in [-0.3, -0.25) is 19.4 Å². The number of hydrogen-bond acceptors (Lipinski definition) is 3. The summed E-state index contributed by atoms with van der Waals surface area (Å²) in [5.41, 5.74) is 2.31. The fourth-order valence-electron chi connectivity index (χ4n) is 4.65. The van der Waals surface area contributed by atoms with Crippen molar-refractivity contribution in [2.75, 3.05) is 13.7 Å². The minimum atomic E-state index is -0.0912. The van der Waals surface area contributed by atoms with Crippen molar-refractivity contribution >= 4 is 11.8 Å². The molecule has 0 spiro atoms. The molecule has 27 heavy (non-hydrogen) atoms. The van der Waals surface area contributed by atoms with Crippen LogP contribution in [-0.2, 0) is 9.59 Å². The maximum Gasteiger partial charge on any atom is 0.234 e. The van der Waals surface area contributed by atoms with E-state index in [9.17, 15) is 9.59 Å². The van der Waals surface area contributed by atoms with Crippen molar-refractivity contribution in [2.45, 2.75) is 31.7 Å². The Bertz CT molecular complexity index is 742. The van der Waals surface area contributed by atoms with E-state index in [1.165, 1.54) is 4.90 Å². The van der Waals surface area contributed by atoms with Crippen LogP contribution in [0, 0.1) is 11.8 Å². The van der Waals surface area contributed by atoms with Gasteiger partial charge in [-0.25, -0.2) is 0 Å². The van der Waals surface area contributed by atoms with Crippen LogP contribution < -0.4 is 0 Å². The Labute approximate surface area is 160 Å². The average Bonchev–Trinajstić information content (AvgIpc) is 2.95. The summed E-state index contributed by atoms with van der Waals surface area (Å²) in [6, 6.07) is 20.5. The summed E-state index contributed by atoms with van der Waals surface area (Å²) in [4.78, 5) is 29.3. The van der Waals surface area contributed by atoms with Crippen LogP contribution in [-0.4, -0.2) is 35.3 Å². The molecule has 4 rings (SSSR count). The van der Waals surface area contributed by atoms with Gasteiger partial charge in [0.2, 0.25) is 11.8 Å². The Morgan fingerprint density at radius 1 is 0.852 bits per heavy atom. The van der Waals surface area contributed by atoms with E-state index >= 15 is 0 Å². The maximum absolute atomic E-state index is 12.9. The average molecular weight is 362 g/mol. The third-order valence-electron chi connectivity index (χ3n) is 5.97. The molecule has 2 unspecified atom stereocenters. The van der Waals surface area contributed by atoms with Gasteiger partial charge in [-0.15, -0.1) is 0 Å². The first-order valence-electron chi connectivity index (χ1n) is 9.82. The first kappa shape index (κ1) is 17.9. The van der Waals surface area contributed by atoms with Crippen molar-refractivity contribution in [3.8, 4) is 0 Å². The van der Waals surface area contributed by atoms with Gasteiger partial charge in [0.1, 0.15) is 0 Å². The minimum Gasteiger partial charge on any atom is -0.277 e. The number of rotatable bonds is 5. The van der Waals surface area contributed by atoms with Crippen LogP contribution in [0.15, 0.2) is 60.7 Å². The summed E-state index contributed by atoms with van der Waals surface area (Å²) in [5.74, 6) is -0.133. The molecule has 0 aromatic heterocycles. The van der Waals surface area contributed by atoms with Crippen LogP contribution >= 0.6 is 0 Å². The van der Waals surface area contributed by atoms with E-state index in [2.05, 4.69) is 29.2 Å². The number of amides is 2. The van der Waals surface area contributed by atoms with Gasteiger partial charge in [0.25, 0.3) is 0 Å². The highest BCUT2D eigenvalue weighted by Gasteiger charge is 2.48. The first-order valence-corrected chi connectivity index (χ1v) is 9.82. The lowest BCUT2D eigenvalue weighted by Crippen LogP contribution is -2.42. The van der Waals surface area contributed by atoms with Gasteiger partial charge in [-0.1, -0.05) is 73.5 Å². The predicted octanol–water partition coefficient (Wildman–Crippen LogP) is 3.84. The number of likely N-dealkylation sites (tertiary alicyclic amines) is 1. The normalized spacial score (nSPS) is 22.6. The van der Waals surface area contributed by atoms with Crippen molar-refractivity contribution in [3.63, 3.8) is 0 Å². The molecule has 2 atom stereocenters. The van der Waals surface area contributed by atoms with Gasteiger partial charge >= 0.3 is 0 Å². The second-order valence-corrected chi connectivity index (χ2v) is 7.72. The lowest BCUT2D eigenvalue weighted by molar-refractivity contribution is -0.142. The molecule has 4 nitrogen and oxygen atoms in total.